The van der Waals surface area contributed by atoms with Crippen molar-refractivity contribution >= 4 is 18.3 Å². The number of carbonyl (C=O) groups excluding carboxylic acids is 1. The molecule has 108 valence electrons. The molecule has 0 bridgehead atoms. The largest absolute Gasteiger partial charge is 0.356 e. The molecule has 1 aliphatic carbocycles. The van der Waals surface area contributed by atoms with E-state index in [2.05, 4.69) is 26.1 Å². The van der Waals surface area contributed by atoms with Gasteiger partial charge in [-0.25, -0.2) is 0 Å². The fourth-order valence-corrected chi connectivity index (χ4v) is 2.35. The molecule has 1 aliphatic rings. The average molecular weight is 277 g/mol. The molecule has 3 nitrogen and oxygen atoms in total. The normalized spacial score (nSPS) is 24.2. The monoisotopic (exact) mass is 276 g/mol. The van der Waals surface area contributed by atoms with E-state index >= 15 is 0 Å². The fourth-order valence-electron chi connectivity index (χ4n) is 2.35. The van der Waals surface area contributed by atoms with Gasteiger partial charge in [-0.05, 0) is 37.0 Å². The number of carbonyl (C=O) groups is 1. The second kappa shape index (κ2) is 8.00. The maximum atomic E-state index is 11.7. The highest BCUT2D eigenvalue weighted by molar-refractivity contribution is 5.85. The van der Waals surface area contributed by atoms with Gasteiger partial charge in [0, 0.05) is 19.0 Å². The van der Waals surface area contributed by atoms with Gasteiger partial charge in [-0.1, -0.05) is 27.2 Å². The van der Waals surface area contributed by atoms with Gasteiger partial charge >= 0.3 is 0 Å². The molecule has 1 rings (SSSR count). The number of nitrogens with one attached hydrogen (secondary N) is 1. The molecule has 0 heterocycles. The van der Waals surface area contributed by atoms with Gasteiger partial charge in [0.25, 0.3) is 0 Å². The van der Waals surface area contributed by atoms with Crippen LogP contribution in [0.3, 0.4) is 0 Å². The Morgan fingerprint density at radius 1 is 1.33 bits per heavy atom. The molecule has 18 heavy (non-hydrogen) atoms. The van der Waals surface area contributed by atoms with Gasteiger partial charge in [-0.3, -0.25) is 4.79 Å². The molecule has 2 unspecified atom stereocenters. The Kier molecular flexibility index (Phi) is 7.88. The maximum Gasteiger partial charge on any atom is 0.220 e. The van der Waals surface area contributed by atoms with Gasteiger partial charge in [0.2, 0.25) is 5.91 Å². The zero-order valence-electron chi connectivity index (χ0n) is 12.0. The van der Waals surface area contributed by atoms with Crippen LogP contribution in [0.5, 0.6) is 0 Å². The van der Waals surface area contributed by atoms with E-state index < -0.39 is 0 Å². The summed E-state index contributed by atoms with van der Waals surface area (Å²) < 4.78 is 0. The smallest absolute Gasteiger partial charge is 0.220 e. The van der Waals surface area contributed by atoms with Crippen molar-refractivity contribution in [2.45, 2.75) is 65.3 Å². The summed E-state index contributed by atoms with van der Waals surface area (Å²) in [5, 5.41) is 3.05. The van der Waals surface area contributed by atoms with Gasteiger partial charge in [0.15, 0.2) is 0 Å². The van der Waals surface area contributed by atoms with E-state index in [0.717, 1.165) is 25.8 Å². The van der Waals surface area contributed by atoms with Crippen molar-refractivity contribution in [1.29, 1.82) is 0 Å². The fraction of sp³-hybridized carbons (Fsp3) is 0.929. The van der Waals surface area contributed by atoms with Crippen LogP contribution >= 0.6 is 12.4 Å². The Bertz CT molecular complexity index is 251. The third-order valence-electron chi connectivity index (χ3n) is 3.51. The maximum absolute atomic E-state index is 11.7. The summed E-state index contributed by atoms with van der Waals surface area (Å²) in [4.78, 5) is 11.7. The Labute approximate surface area is 118 Å². The number of amides is 1. The van der Waals surface area contributed by atoms with Crippen molar-refractivity contribution in [2.24, 2.45) is 17.1 Å². The molecule has 1 fully saturated rings. The highest BCUT2D eigenvalue weighted by Crippen LogP contribution is 2.23. The molecule has 0 aromatic carbocycles. The summed E-state index contributed by atoms with van der Waals surface area (Å²) >= 11 is 0. The SMILES string of the molecule is CC(C)(C)CCC(=O)NCC1CCCC(N)C1.Cl. The number of hydrogen-bond donors (Lipinski definition) is 2. The second-order valence-corrected chi connectivity index (χ2v) is 6.66. The van der Waals surface area contributed by atoms with E-state index in [0.29, 0.717) is 18.4 Å². The molecular weight excluding hydrogens is 248 g/mol. The predicted octanol–water partition coefficient (Wildman–Crippen LogP) is 2.87. The van der Waals surface area contributed by atoms with Crippen LogP contribution in [0.2, 0.25) is 0 Å². The molecule has 0 radical (unpaired) electrons. The topological polar surface area (TPSA) is 55.1 Å². The molecule has 1 saturated carbocycles. The van der Waals surface area contributed by atoms with Crippen LogP contribution in [-0.4, -0.2) is 18.5 Å². The van der Waals surface area contributed by atoms with E-state index in [9.17, 15) is 4.79 Å². The van der Waals surface area contributed by atoms with Crippen molar-refractivity contribution in [2.75, 3.05) is 6.54 Å². The molecule has 0 aliphatic heterocycles. The van der Waals surface area contributed by atoms with Crippen LogP contribution in [0.25, 0.3) is 0 Å². The molecule has 0 aromatic rings. The molecule has 0 saturated heterocycles. The molecule has 0 aromatic heterocycles. The minimum absolute atomic E-state index is 0. The lowest BCUT2D eigenvalue weighted by Crippen LogP contribution is -2.35. The lowest BCUT2D eigenvalue weighted by molar-refractivity contribution is -0.121. The van der Waals surface area contributed by atoms with Gasteiger partial charge < -0.3 is 11.1 Å². The first-order valence-corrected chi connectivity index (χ1v) is 6.89. The minimum Gasteiger partial charge on any atom is -0.356 e. The number of halogens is 1. The summed E-state index contributed by atoms with van der Waals surface area (Å²) in [6.45, 7) is 7.32. The van der Waals surface area contributed by atoms with Gasteiger partial charge in [0.1, 0.15) is 0 Å². The molecule has 3 N–H and O–H groups in total. The third kappa shape index (κ3) is 7.93. The van der Waals surface area contributed by atoms with Crippen molar-refractivity contribution in [3.63, 3.8) is 0 Å². The zero-order valence-corrected chi connectivity index (χ0v) is 12.8. The predicted molar refractivity (Wildman–Crippen MR) is 78.9 cm³/mol. The van der Waals surface area contributed by atoms with Crippen LogP contribution in [0.15, 0.2) is 0 Å². The quantitative estimate of drug-likeness (QED) is 0.830. The van der Waals surface area contributed by atoms with Crippen LogP contribution in [-0.2, 0) is 4.79 Å². The van der Waals surface area contributed by atoms with Crippen LogP contribution in [0.1, 0.15) is 59.3 Å². The summed E-state index contributed by atoms with van der Waals surface area (Å²) in [6, 6.07) is 0.347. The second-order valence-electron chi connectivity index (χ2n) is 6.66. The average Bonchev–Trinajstić information content (AvgIpc) is 2.23. The van der Waals surface area contributed by atoms with E-state index in [1.807, 2.05) is 0 Å². The first-order valence-electron chi connectivity index (χ1n) is 6.89. The Hall–Kier alpha value is -0.280. The van der Waals surface area contributed by atoms with E-state index in [4.69, 9.17) is 5.73 Å². The number of nitrogens with two attached hydrogens (primary N) is 1. The highest BCUT2D eigenvalue weighted by Gasteiger charge is 2.20. The molecular formula is C14H29ClN2O. The summed E-state index contributed by atoms with van der Waals surface area (Å²) in [5.74, 6) is 0.788. The molecule has 2 atom stereocenters. The zero-order chi connectivity index (χ0) is 12.9. The Balaban J connectivity index is 0.00000289. The van der Waals surface area contributed by atoms with Gasteiger partial charge in [0.05, 0.1) is 0 Å². The molecule has 4 heteroatoms. The minimum atomic E-state index is 0. The van der Waals surface area contributed by atoms with E-state index in [1.165, 1.54) is 12.8 Å². The van der Waals surface area contributed by atoms with Crippen LogP contribution in [0, 0.1) is 11.3 Å². The lowest BCUT2D eigenvalue weighted by Gasteiger charge is -2.26. The Morgan fingerprint density at radius 3 is 2.56 bits per heavy atom. The summed E-state index contributed by atoms with van der Waals surface area (Å²) in [5.41, 5.74) is 6.18. The molecule has 1 amide bonds. The van der Waals surface area contributed by atoms with Crippen LogP contribution in [0.4, 0.5) is 0 Å². The third-order valence-corrected chi connectivity index (χ3v) is 3.51. The Morgan fingerprint density at radius 2 is 2.00 bits per heavy atom. The van der Waals surface area contributed by atoms with Crippen molar-refractivity contribution < 1.29 is 4.79 Å². The van der Waals surface area contributed by atoms with Gasteiger partial charge in [-0.15, -0.1) is 12.4 Å². The summed E-state index contributed by atoms with van der Waals surface area (Å²) in [6.07, 6.45) is 6.23. The van der Waals surface area contributed by atoms with Crippen molar-refractivity contribution in [3.05, 3.63) is 0 Å². The van der Waals surface area contributed by atoms with Gasteiger partial charge in [-0.2, -0.15) is 0 Å². The number of hydrogen-bond acceptors (Lipinski definition) is 2. The van der Waals surface area contributed by atoms with Crippen LogP contribution < -0.4 is 11.1 Å². The first kappa shape index (κ1) is 17.7. The molecule has 0 spiro atoms. The lowest BCUT2D eigenvalue weighted by atomic mass is 9.86. The first-order chi connectivity index (χ1) is 7.87. The highest BCUT2D eigenvalue weighted by atomic mass is 35.5. The summed E-state index contributed by atoms with van der Waals surface area (Å²) in [7, 11) is 0. The van der Waals surface area contributed by atoms with E-state index in [-0.39, 0.29) is 23.7 Å². The van der Waals surface area contributed by atoms with E-state index in [1.54, 1.807) is 0 Å². The standard InChI is InChI=1S/C14H28N2O.ClH/c1-14(2,3)8-7-13(17)16-10-11-5-4-6-12(15)9-11;/h11-12H,4-10,15H2,1-3H3,(H,16,17);1H. The van der Waals surface area contributed by atoms with Crippen molar-refractivity contribution in [1.82, 2.24) is 5.32 Å². The van der Waals surface area contributed by atoms with Crippen molar-refractivity contribution in [3.8, 4) is 0 Å². The number of rotatable bonds is 4.